The van der Waals surface area contributed by atoms with E-state index in [2.05, 4.69) is 0 Å². The summed E-state index contributed by atoms with van der Waals surface area (Å²) >= 11 is 88.9. The Morgan fingerprint density at radius 2 is 0.568 bits per heavy atom. The summed E-state index contributed by atoms with van der Waals surface area (Å²) in [4.78, 5) is -0.984. The van der Waals surface area contributed by atoms with Gasteiger partial charge in [0.2, 0.25) is 0 Å². The van der Waals surface area contributed by atoms with E-state index in [0.717, 1.165) is 0 Å². The van der Waals surface area contributed by atoms with Gasteiger partial charge >= 0.3 is 0 Å². The highest BCUT2D eigenvalue weighted by Crippen LogP contribution is 2.58. The maximum Gasteiger partial charge on any atom is 0.297 e. The van der Waals surface area contributed by atoms with Crippen LogP contribution in [0.4, 0.5) is 0 Å². The molecule has 37 heavy (non-hydrogen) atoms. The van der Waals surface area contributed by atoms with Crippen LogP contribution in [-0.2, 0) is 10.1 Å². The molecule has 1 N–H and O–H groups in total. The van der Waals surface area contributed by atoms with Crippen LogP contribution in [0.2, 0.25) is 70.3 Å². The van der Waals surface area contributed by atoms with Gasteiger partial charge < -0.3 is 0 Å². The van der Waals surface area contributed by atoms with Crippen LogP contribution in [0.1, 0.15) is 16.7 Å². The molecule has 0 heterocycles. The molecule has 0 unspecified atom stereocenters. The number of rotatable bonds is 4. The fourth-order valence-electron chi connectivity index (χ4n) is 3.08. The molecule has 3 nitrogen and oxygen atoms in total. The van der Waals surface area contributed by atoms with Crippen LogP contribution in [0.3, 0.4) is 0 Å². The average molecular weight is 806 g/mol. The molecule has 0 fully saturated rings. The first kappa shape index (κ1) is 33.1. The van der Waals surface area contributed by atoms with Gasteiger partial charge in [-0.25, -0.2) is 0 Å². The van der Waals surface area contributed by atoms with Gasteiger partial charge in [-0.05, 0) is 0 Å². The van der Waals surface area contributed by atoms with E-state index in [1.54, 1.807) is 0 Å². The van der Waals surface area contributed by atoms with Crippen molar-refractivity contribution >= 4 is 173 Å². The summed E-state index contributed by atoms with van der Waals surface area (Å²) in [6, 6.07) is 0. The van der Waals surface area contributed by atoms with Crippen molar-refractivity contribution < 1.29 is 13.0 Å². The molecule has 3 aromatic rings. The van der Waals surface area contributed by atoms with Crippen molar-refractivity contribution in [3.63, 3.8) is 0 Å². The fraction of sp³-hybridized carbons (Fsp3) is 0. The summed E-state index contributed by atoms with van der Waals surface area (Å²) in [6.07, 6.45) is 0. The molecule has 3 rings (SSSR count). The third-order valence-corrected chi connectivity index (χ3v) is 12.1. The third-order valence-electron chi connectivity index (χ3n) is 4.65. The Bertz CT molecular complexity index is 1450. The summed E-state index contributed by atoms with van der Waals surface area (Å²) < 4.78 is 33.5. The Hall–Kier alpha value is 1.63. The van der Waals surface area contributed by atoms with E-state index in [1.807, 2.05) is 0 Å². The second-order valence-corrected chi connectivity index (χ2v) is 13.3. The Kier molecular flexibility index (Phi) is 10.8. The second kappa shape index (κ2) is 12.1. The molecule has 0 bridgehead atoms. The van der Waals surface area contributed by atoms with Gasteiger partial charge in [-0.3, -0.25) is 4.55 Å². The molecule has 0 saturated heterocycles. The lowest BCUT2D eigenvalue weighted by Crippen LogP contribution is -2.13. The number of hydrogen-bond donors (Lipinski definition) is 1. The molecule has 1 radical (unpaired) electrons. The zero-order valence-corrected chi connectivity index (χ0v) is 27.9. The molecule has 199 valence electrons. The molecule has 0 spiro atoms. The van der Waals surface area contributed by atoms with Gasteiger partial charge in [0.1, 0.15) is 4.90 Å². The van der Waals surface area contributed by atoms with E-state index in [4.69, 9.17) is 162 Å². The summed E-state index contributed by atoms with van der Waals surface area (Å²) in [5.74, 6) is -0.258. The maximum absolute atomic E-state index is 11.9. The first-order valence-electron chi connectivity index (χ1n) is 8.62. The van der Waals surface area contributed by atoms with Crippen molar-refractivity contribution in [3.05, 3.63) is 92.9 Å². The number of hydrogen-bond acceptors (Lipinski definition) is 2. The van der Waals surface area contributed by atoms with E-state index >= 15 is 0 Å². The minimum Gasteiger partial charge on any atom is -0.282 e. The summed E-state index contributed by atoms with van der Waals surface area (Å²) in [5.41, 5.74) is -0.754. The van der Waals surface area contributed by atoms with Gasteiger partial charge in [0, 0.05) is 16.7 Å². The smallest absolute Gasteiger partial charge is 0.282 e. The number of halogens is 14. The van der Waals surface area contributed by atoms with E-state index in [1.165, 1.54) is 0 Å². The first-order chi connectivity index (χ1) is 16.9. The average Bonchev–Trinajstić information content (AvgIpc) is 2.81. The number of benzene rings is 3. The topological polar surface area (TPSA) is 54.4 Å². The molecule has 0 amide bonds. The SMILES string of the molecule is O=S(=O)(O)c1c(Cl)c(Cl)c([C](c2c(Cl)c(Cl)c(Cl)c(Cl)c2Cl)c2c(Cl)c(Cl)c(Cl)c(Cl)c2Cl)c(Cl)c1Cl. The van der Waals surface area contributed by atoms with Crippen LogP contribution < -0.4 is 0 Å². The lowest BCUT2D eigenvalue weighted by molar-refractivity contribution is 0.483. The Morgan fingerprint density at radius 1 is 0.378 bits per heavy atom. The molecule has 3 aromatic carbocycles. The minimum absolute atomic E-state index is 0.208. The van der Waals surface area contributed by atoms with Crippen molar-refractivity contribution in [2.75, 3.05) is 0 Å². The maximum atomic E-state index is 11.9. The predicted octanol–water partition coefficient (Wildman–Crippen LogP) is 13.1. The molecule has 0 saturated carbocycles. The minimum atomic E-state index is -5.02. The van der Waals surface area contributed by atoms with Crippen LogP contribution in [0.5, 0.6) is 0 Å². The van der Waals surface area contributed by atoms with E-state index < -0.39 is 35.1 Å². The molecular formula is C19HCl14O3S. The van der Waals surface area contributed by atoms with Crippen LogP contribution in [-0.4, -0.2) is 13.0 Å². The van der Waals surface area contributed by atoms with Crippen molar-refractivity contribution in [1.82, 2.24) is 0 Å². The normalized spacial score (nSPS) is 12.1. The van der Waals surface area contributed by atoms with Crippen molar-refractivity contribution in [2.24, 2.45) is 0 Å². The quantitative estimate of drug-likeness (QED) is 0.124. The highest BCUT2D eigenvalue weighted by molar-refractivity contribution is 7.86. The lowest BCUT2D eigenvalue weighted by atomic mass is 9.84. The van der Waals surface area contributed by atoms with Gasteiger partial charge in [-0.1, -0.05) is 162 Å². The standard InChI is InChI=1S/C19HCl14O3S/c20-5-2(6(21)12(27)15(30)11(5)26)1(3-7(22)13(28)16(31)14(29)8(3)23)4-9(24)17(32)19(37(34,35)36)18(33)10(4)25/h(H,34,35,36). The Balaban J connectivity index is 2.71. The summed E-state index contributed by atoms with van der Waals surface area (Å²) in [6.45, 7) is 0. The molecule has 0 aliphatic heterocycles. The van der Waals surface area contributed by atoms with Crippen LogP contribution in [0.15, 0.2) is 4.90 Å². The molecule has 0 aromatic heterocycles. The highest BCUT2D eigenvalue weighted by atomic mass is 35.5. The Labute approximate surface area is 280 Å². The first-order valence-corrected chi connectivity index (χ1v) is 15.3. The lowest BCUT2D eigenvalue weighted by Gasteiger charge is -2.27. The molecule has 0 atom stereocenters. The third kappa shape index (κ3) is 5.69. The molecule has 0 aliphatic rings. The zero-order valence-electron chi connectivity index (χ0n) is 16.5. The molecule has 18 heteroatoms. The van der Waals surface area contributed by atoms with Crippen molar-refractivity contribution in [3.8, 4) is 0 Å². The monoisotopic (exact) mass is 799 g/mol. The second-order valence-electron chi connectivity index (χ2n) is 6.70. The van der Waals surface area contributed by atoms with Gasteiger partial charge in [-0.2, -0.15) is 8.42 Å². The van der Waals surface area contributed by atoms with Gasteiger partial charge in [-0.15, -0.1) is 0 Å². The largest absolute Gasteiger partial charge is 0.297 e. The van der Waals surface area contributed by atoms with Crippen molar-refractivity contribution in [1.29, 1.82) is 0 Å². The van der Waals surface area contributed by atoms with Gasteiger partial charge in [0.15, 0.2) is 0 Å². The van der Waals surface area contributed by atoms with Gasteiger partial charge in [0.25, 0.3) is 10.1 Å². The highest BCUT2D eigenvalue weighted by Gasteiger charge is 2.39. The van der Waals surface area contributed by atoms with E-state index in [0.29, 0.717) is 0 Å². The molecular weight excluding hydrogens is 805 g/mol. The van der Waals surface area contributed by atoms with Crippen molar-refractivity contribution in [2.45, 2.75) is 4.90 Å². The van der Waals surface area contributed by atoms with Crippen LogP contribution in [0.25, 0.3) is 0 Å². The summed E-state index contributed by atoms with van der Waals surface area (Å²) in [7, 11) is -5.02. The fourth-order valence-corrected chi connectivity index (χ4v) is 8.13. The van der Waals surface area contributed by atoms with Crippen LogP contribution >= 0.6 is 162 Å². The molecule has 0 aliphatic carbocycles. The summed E-state index contributed by atoms with van der Waals surface area (Å²) in [5, 5.41) is -5.27. The zero-order chi connectivity index (χ0) is 28.5. The van der Waals surface area contributed by atoms with E-state index in [-0.39, 0.29) is 72.8 Å². The predicted molar refractivity (Wildman–Crippen MR) is 160 cm³/mol. The van der Waals surface area contributed by atoms with Crippen LogP contribution in [0, 0.1) is 5.92 Å². The van der Waals surface area contributed by atoms with Gasteiger partial charge in [0.05, 0.1) is 76.2 Å². The Morgan fingerprint density at radius 3 is 0.784 bits per heavy atom. The van der Waals surface area contributed by atoms with E-state index in [9.17, 15) is 13.0 Å².